The van der Waals surface area contributed by atoms with Gasteiger partial charge in [0.2, 0.25) is 0 Å². The number of para-hydroxylation sites is 1. The van der Waals surface area contributed by atoms with Crippen LogP contribution in [-0.4, -0.2) is 37.2 Å². The summed E-state index contributed by atoms with van der Waals surface area (Å²) in [5.74, 6) is 0.326. The van der Waals surface area contributed by atoms with E-state index in [0.29, 0.717) is 32.0 Å². The Morgan fingerprint density at radius 2 is 1.94 bits per heavy atom. The molecule has 1 aliphatic rings. The Labute approximate surface area is 181 Å². The Morgan fingerprint density at radius 1 is 1.16 bits per heavy atom. The molecule has 156 valence electrons. The summed E-state index contributed by atoms with van der Waals surface area (Å²) in [5, 5.41) is 13.6. The Bertz CT molecular complexity index is 1200. The first-order valence-electron chi connectivity index (χ1n) is 10.3. The van der Waals surface area contributed by atoms with Crippen molar-refractivity contribution in [2.24, 2.45) is 0 Å². The van der Waals surface area contributed by atoms with Gasteiger partial charge in [-0.15, -0.1) is 0 Å². The van der Waals surface area contributed by atoms with Gasteiger partial charge < -0.3 is 15.0 Å². The number of anilines is 2. The molecule has 1 N–H and O–H groups in total. The molecule has 1 saturated heterocycles. The number of nitriles is 1. The highest BCUT2D eigenvalue weighted by atomic mass is 16.5. The minimum absolute atomic E-state index is 0.0347. The molecular formula is C25H24N4O2. The first kappa shape index (κ1) is 20.6. The first-order chi connectivity index (χ1) is 15.1. The van der Waals surface area contributed by atoms with Crippen molar-refractivity contribution in [1.82, 2.24) is 4.98 Å². The van der Waals surface area contributed by atoms with E-state index in [9.17, 15) is 10.1 Å². The van der Waals surface area contributed by atoms with E-state index in [0.717, 1.165) is 33.4 Å². The molecule has 0 atom stereocenters. The number of hydrogen-bond acceptors (Lipinski definition) is 5. The molecule has 3 aromatic rings. The van der Waals surface area contributed by atoms with Gasteiger partial charge in [0.15, 0.2) is 0 Å². The van der Waals surface area contributed by atoms with E-state index in [2.05, 4.69) is 16.3 Å². The SMILES string of the molecule is Cc1cccc(NC(=O)C(C#N)=Cc2cc3ccccc3nc2N2CCOCC2)c1C. The van der Waals surface area contributed by atoms with Crippen molar-refractivity contribution in [2.75, 3.05) is 36.5 Å². The predicted molar refractivity (Wildman–Crippen MR) is 123 cm³/mol. The van der Waals surface area contributed by atoms with Crippen LogP contribution in [0.1, 0.15) is 16.7 Å². The van der Waals surface area contributed by atoms with Crippen LogP contribution in [0.2, 0.25) is 0 Å². The van der Waals surface area contributed by atoms with Crippen LogP contribution in [0.3, 0.4) is 0 Å². The molecule has 0 unspecified atom stereocenters. The van der Waals surface area contributed by atoms with Crippen LogP contribution < -0.4 is 10.2 Å². The van der Waals surface area contributed by atoms with Crippen molar-refractivity contribution < 1.29 is 9.53 Å². The van der Waals surface area contributed by atoms with Gasteiger partial charge in [-0.05, 0) is 49.2 Å². The topological polar surface area (TPSA) is 78.2 Å². The van der Waals surface area contributed by atoms with E-state index >= 15 is 0 Å². The number of carbonyl (C=O) groups is 1. The van der Waals surface area contributed by atoms with Gasteiger partial charge in [-0.1, -0.05) is 30.3 Å². The maximum atomic E-state index is 12.9. The second-order valence-corrected chi connectivity index (χ2v) is 7.56. The molecule has 31 heavy (non-hydrogen) atoms. The summed E-state index contributed by atoms with van der Waals surface area (Å²) in [7, 11) is 0. The zero-order chi connectivity index (χ0) is 21.8. The van der Waals surface area contributed by atoms with Crippen LogP contribution in [0.4, 0.5) is 11.5 Å². The fourth-order valence-corrected chi connectivity index (χ4v) is 3.64. The Hall–Kier alpha value is -3.69. The van der Waals surface area contributed by atoms with Crippen molar-refractivity contribution in [3.05, 3.63) is 70.8 Å². The lowest BCUT2D eigenvalue weighted by atomic mass is 10.1. The zero-order valence-electron chi connectivity index (χ0n) is 17.7. The minimum atomic E-state index is -0.433. The van der Waals surface area contributed by atoms with Crippen LogP contribution in [0.15, 0.2) is 54.1 Å². The molecule has 1 fully saturated rings. The fraction of sp³-hybridized carbons (Fsp3) is 0.240. The van der Waals surface area contributed by atoms with Crippen LogP contribution in [-0.2, 0) is 9.53 Å². The fourth-order valence-electron chi connectivity index (χ4n) is 3.64. The summed E-state index contributed by atoms with van der Waals surface area (Å²) in [4.78, 5) is 19.9. The van der Waals surface area contributed by atoms with Gasteiger partial charge in [-0.2, -0.15) is 5.26 Å². The maximum Gasteiger partial charge on any atom is 0.266 e. The Morgan fingerprint density at radius 3 is 2.71 bits per heavy atom. The van der Waals surface area contributed by atoms with Crippen LogP contribution in [0, 0.1) is 25.2 Å². The second kappa shape index (κ2) is 8.99. The van der Waals surface area contributed by atoms with Gasteiger partial charge in [0, 0.05) is 29.7 Å². The highest BCUT2D eigenvalue weighted by Gasteiger charge is 2.19. The quantitative estimate of drug-likeness (QED) is 0.512. The number of aromatic nitrogens is 1. The third-order valence-electron chi connectivity index (χ3n) is 5.56. The van der Waals surface area contributed by atoms with Gasteiger partial charge in [0.1, 0.15) is 17.5 Å². The minimum Gasteiger partial charge on any atom is -0.378 e. The lowest BCUT2D eigenvalue weighted by Gasteiger charge is -2.29. The molecule has 4 rings (SSSR count). The zero-order valence-corrected chi connectivity index (χ0v) is 17.7. The molecule has 1 amide bonds. The summed E-state index contributed by atoms with van der Waals surface area (Å²) in [6.07, 6.45) is 1.63. The van der Waals surface area contributed by atoms with E-state index in [-0.39, 0.29) is 5.57 Å². The van der Waals surface area contributed by atoms with Gasteiger partial charge in [0.25, 0.3) is 5.91 Å². The second-order valence-electron chi connectivity index (χ2n) is 7.56. The Balaban J connectivity index is 1.73. The molecule has 0 bridgehead atoms. The third-order valence-corrected chi connectivity index (χ3v) is 5.56. The van der Waals surface area contributed by atoms with Crippen molar-refractivity contribution in [1.29, 1.82) is 5.26 Å². The highest BCUT2D eigenvalue weighted by Crippen LogP contribution is 2.27. The standard InChI is InChI=1S/C25H24N4O2/c1-17-6-5-9-22(18(17)2)28-25(30)21(16-26)15-20-14-19-7-3-4-8-23(19)27-24(20)29-10-12-31-13-11-29/h3-9,14-15H,10-13H2,1-2H3,(H,28,30). The number of morpholine rings is 1. The molecule has 2 heterocycles. The highest BCUT2D eigenvalue weighted by molar-refractivity contribution is 6.10. The number of nitrogens with zero attached hydrogens (tertiary/aromatic N) is 3. The number of nitrogens with one attached hydrogen (secondary N) is 1. The summed E-state index contributed by atoms with van der Waals surface area (Å²) in [6.45, 7) is 6.60. The van der Waals surface area contributed by atoms with E-state index in [1.807, 2.05) is 62.4 Å². The van der Waals surface area contributed by atoms with E-state index in [1.54, 1.807) is 6.08 Å². The molecule has 6 heteroatoms. The van der Waals surface area contributed by atoms with E-state index < -0.39 is 5.91 Å². The molecule has 0 radical (unpaired) electrons. The number of pyridine rings is 1. The summed E-state index contributed by atoms with van der Waals surface area (Å²) in [6, 6.07) is 17.6. The number of benzene rings is 2. The molecule has 1 aliphatic heterocycles. The summed E-state index contributed by atoms with van der Waals surface area (Å²) in [5.41, 5.74) is 4.42. The largest absolute Gasteiger partial charge is 0.378 e. The van der Waals surface area contributed by atoms with E-state index in [1.165, 1.54) is 0 Å². The lowest BCUT2D eigenvalue weighted by Crippen LogP contribution is -2.37. The molecule has 1 aromatic heterocycles. The van der Waals surface area contributed by atoms with Gasteiger partial charge in [-0.25, -0.2) is 4.98 Å². The number of ether oxygens (including phenoxy) is 1. The third kappa shape index (κ3) is 4.42. The number of hydrogen-bond donors (Lipinski definition) is 1. The number of aryl methyl sites for hydroxylation is 1. The molecule has 2 aromatic carbocycles. The summed E-state index contributed by atoms with van der Waals surface area (Å²) < 4.78 is 5.47. The number of rotatable bonds is 4. The monoisotopic (exact) mass is 412 g/mol. The molecular weight excluding hydrogens is 388 g/mol. The van der Waals surface area contributed by atoms with Crippen molar-refractivity contribution >= 4 is 34.4 Å². The molecule has 0 spiro atoms. The number of fused-ring (bicyclic) bond motifs is 1. The molecule has 0 saturated carbocycles. The predicted octanol–water partition coefficient (Wildman–Crippen LogP) is 4.23. The maximum absolute atomic E-state index is 12.9. The number of amides is 1. The van der Waals surface area contributed by atoms with Crippen LogP contribution in [0.5, 0.6) is 0 Å². The van der Waals surface area contributed by atoms with E-state index in [4.69, 9.17) is 9.72 Å². The van der Waals surface area contributed by atoms with Crippen molar-refractivity contribution in [3.63, 3.8) is 0 Å². The average Bonchev–Trinajstić information content (AvgIpc) is 2.80. The number of carbonyl (C=O) groups excluding carboxylic acids is 1. The van der Waals surface area contributed by atoms with Crippen LogP contribution >= 0.6 is 0 Å². The van der Waals surface area contributed by atoms with Crippen molar-refractivity contribution in [2.45, 2.75) is 13.8 Å². The lowest BCUT2D eigenvalue weighted by molar-refractivity contribution is -0.112. The van der Waals surface area contributed by atoms with Crippen molar-refractivity contribution in [3.8, 4) is 6.07 Å². The van der Waals surface area contributed by atoms with Gasteiger partial charge in [-0.3, -0.25) is 4.79 Å². The van der Waals surface area contributed by atoms with Gasteiger partial charge >= 0.3 is 0 Å². The smallest absolute Gasteiger partial charge is 0.266 e. The summed E-state index contributed by atoms with van der Waals surface area (Å²) >= 11 is 0. The molecule has 0 aliphatic carbocycles. The normalized spacial score (nSPS) is 14.4. The first-order valence-corrected chi connectivity index (χ1v) is 10.3. The van der Waals surface area contributed by atoms with Gasteiger partial charge in [0.05, 0.1) is 18.7 Å². The average molecular weight is 412 g/mol. The Kier molecular flexibility index (Phi) is 5.96. The van der Waals surface area contributed by atoms with Crippen LogP contribution in [0.25, 0.3) is 17.0 Å². The molecule has 6 nitrogen and oxygen atoms in total.